The van der Waals surface area contributed by atoms with Crippen molar-refractivity contribution >= 4 is 53.2 Å². The Bertz CT molecular complexity index is 663. The van der Waals surface area contributed by atoms with Gasteiger partial charge in [0.1, 0.15) is 0 Å². The lowest BCUT2D eigenvalue weighted by Gasteiger charge is -1.96. The molecule has 0 aliphatic heterocycles. The molecule has 1 aromatic heterocycles. The summed E-state index contributed by atoms with van der Waals surface area (Å²) in [5.41, 5.74) is 0.973. The molecule has 2 aromatic rings. The Kier molecular flexibility index (Phi) is 4.28. The molecule has 0 fully saturated rings. The summed E-state index contributed by atoms with van der Waals surface area (Å²) >= 11 is 8.07. The SMILES string of the molecule is NS(=O)(=O)c1cc(-c2ccc(Br)cc2)sc1CBr. The van der Waals surface area contributed by atoms with Gasteiger partial charge in [-0.05, 0) is 23.8 Å². The van der Waals surface area contributed by atoms with Crippen molar-refractivity contribution in [2.75, 3.05) is 0 Å². The van der Waals surface area contributed by atoms with E-state index >= 15 is 0 Å². The van der Waals surface area contributed by atoms with Gasteiger partial charge in [0, 0.05) is 19.6 Å². The van der Waals surface area contributed by atoms with Crippen molar-refractivity contribution in [2.24, 2.45) is 5.14 Å². The molecule has 0 amide bonds. The molecule has 1 heterocycles. The van der Waals surface area contributed by atoms with Gasteiger partial charge in [0.25, 0.3) is 0 Å². The maximum atomic E-state index is 11.5. The van der Waals surface area contributed by atoms with Crippen molar-refractivity contribution in [2.45, 2.75) is 10.2 Å². The first-order valence-electron chi connectivity index (χ1n) is 4.89. The highest BCUT2D eigenvalue weighted by molar-refractivity contribution is 9.10. The van der Waals surface area contributed by atoms with Gasteiger partial charge < -0.3 is 0 Å². The molecule has 2 N–H and O–H groups in total. The van der Waals surface area contributed by atoms with Crippen LogP contribution in [-0.4, -0.2) is 8.42 Å². The molecule has 0 aliphatic rings. The molecule has 0 radical (unpaired) electrons. The fourth-order valence-corrected chi connectivity index (χ4v) is 4.73. The molecule has 0 unspecified atom stereocenters. The second-order valence-electron chi connectivity index (χ2n) is 3.58. The number of nitrogens with two attached hydrogens (primary N) is 1. The summed E-state index contributed by atoms with van der Waals surface area (Å²) in [6, 6.07) is 9.32. The molecule has 0 aliphatic carbocycles. The Morgan fingerprint density at radius 2 is 1.83 bits per heavy atom. The highest BCUT2D eigenvalue weighted by Gasteiger charge is 2.18. The van der Waals surface area contributed by atoms with E-state index < -0.39 is 10.0 Å². The third-order valence-electron chi connectivity index (χ3n) is 2.33. The van der Waals surface area contributed by atoms with E-state index in [0.29, 0.717) is 5.33 Å². The van der Waals surface area contributed by atoms with Crippen LogP contribution in [0.5, 0.6) is 0 Å². The highest BCUT2D eigenvalue weighted by atomic mass is 79.9. The van der Waals surface area contributed by atoms with E-state index in [1.807, 2.05) is 24.3 Å². The number of rotatable bonds is 3. The number of alkyl halides is 1. The second kappa shape index (κ2) is 5.42. The van der Waals surface area contributed by atoms with Crippen LogP contribution in [-0.2, 0) is 15.4 Å². The van der Waals surface area contributed by atoms with Crippen LogP contribution in [0.4, 0.5) is 0 Å². The number of sulfonamides is 1. The summed E-state index contributed by atoms with van der Waals surface area (Å²) in [5.74, 6) is 0. The largest absolute Gasteiger partial charge is 0.239 e. The zero-order valence-electron chi connectivity index (χ0n) is 9.06. The van der Waals surface area contributed by atoms with Crippen LogP contribution >= 0.6 is 43.2 Å². The smallest absolute Gasteiger partial charge is 0.225 e. The van der Waals surface area contributed by atoms with Crippen LogP contribution in [0.15, 0.2) is 39.7 Å². The molecular weight excluding hydrogens is 402 g/mol. The summed E-state index contributed by atoms with van der Waals surface area (Å²) < 4.78 is 23.9. The lowest BCUT2D eigenvalue weighted by molar-refractivity contribution is 0.597. The van der Waals surface area contributed by atoms with Gasteiger partial charge in [-0.3, -0.25) is 0 Å². The van der Waals surface area contributed by atoms with Gasteiger partial charge in [-0.25, -0.2) is 13.6 Å². The molecule has 0 atom stereocenters. The van der Waals surface area contributed by atoms with E-state index in [1.54, 1.807) is 6.07 Å². The lowest BCUT2D eigenvalue weighted by atomic mass is 10.2. The molecule has 0 saturated heterocycles. The molecule has 1 aromatic carbocycles. The monoisotopic (exact) mass is 409 g/mol. The van der Waals surface area contributed by atoms with Crippen molar-refractivity contribution < 1.29 is 8.42 Å². The second-order valence-corrected chi connectivity index (χ2v) is 7.73. The summed E-state index contributed by atoms with van der Waals surface area (Å²) in [6.07, 6.45) is 0. The van der Waals surface area contributed by atoms with Crippen molar-refractivity contribution in [3.63, 3.8) is 0 Å². The Morgan fingerprint density at radius 3 is 2.28 bits per heavy atom. The van der Waals surface area contributed by atoms with Crippen LogP contribution in [0, 0.1) is 0 Å². The van der Waals surface area contributed by atoms with Gasteiger partial charge >= 0.3 is 0 Å². The third-order valence-corrected chi connectivity index (χ3v) is 6.08. The minimum atomic E-state index is -3.67. The Morgan fingerprint density at radius 1 is 1.22 bits per heavy atom. The topological polar surface area (TPSA) is 60.2 Å². The van der Waals surface area contributed by atoms with Crippen LogP contribution in [0.2, 0.25) is 0 Å². The summed E-state index contributed by atoms with van der Waals surface area (Å²) in [6.45, 7) is 0. The number of benzene rings is 1. The lowest BCUT2D eigenvalue weighted by Crippen LogP contribution is -2.12. The highest BCUT2D eigenvalue weighted by Crippen LogP contribution is 2.35. The Hall–Kier alpha value is -0.210. The minimum Gasteiger partial charge on any atom is -0.225 e. The minimum absolute atomic E-state index is 0.197. The summed E-state index contributed by atoms with van der Waals surface area (Å²) in [5, 5.41) is 5.67. The predicted octanol–water partition coefficient (Wildman–Crippen LogP) is 3.72. The van der Waals surface area contributed by atoms with Crippen LogP contribution in [0.3, 0.4) is 0 Å². The number of hydrogen-bond acceptors (Lipinski definition) is 3. The van der Waals surface area contributed by atoms with Gasteiger partial charge in [-0.15, -0.1) is 11.3 Å². The Labute approximate surface area is 126 Å². The number of primary sulfonamides is 1. The normalized spacial score (nSPS) is 11.7. The van der Waals surface area contributed by atoms with E-state index in [1.165, 1.54) is 11.3 Å². The number of halogens is 2. The quantitative estimate of drug-likeness (QED) is 0.783. The van der Waals surface area contributed by atoms with E-state index in [2.05, 4.69) is 31.9 Å². The molecule has 2 rings (SSSR count). The van der Waals surface area contributed by atoms with Crippen molar-refractivity contribution in [3.05, 3.63) is 39.7 Å². The zero-order chi connectivity index (χ0) is 13.3. The molecule has 0 saturated carbocycles. The van der Waals surface area contributed by atoms with E-state index in [0.717, 1.165) is 19.8 Å². The molecule has 0 bridgehead atoms. The number of thiophene rings is 1. The summed E-state index contributed by atoms with van der Waals surface area (Å²) in [4.78, 5) is 1.80. The molecular formula is C11H9Br2NO2S2. The number of hydrogen-bond donors (Lipinski definition) is 1. The fraction of sp³-hybridized carbons (Fsp3) is 0.0909. The van der Waals surface area contributed by atoms with Gasteiger partial charge in [-0.2, -0.15) is 0 Å². The van der Waals surface area contributed by atoms with Crippen molar-refractivity contribution in [1.82, 2.24) is 0 Å². The fourth-order valence-electron chi connectivity index (χ4n) is 1.50. The first-order chi connectivity index (χ1) is 8.41. The van der Waals surface area contributed by atoms with Gasteiger partial charge in [0.05, 0.1) is 4.90 Å². The molecule has 96 valence electrons. The Balaban J connectivity index is 2.54. The third kappa shape index (κ3) is 3.03. The average molecular weight is 411 g/mol. The van der Waals surface area contributed by atoms with Crippen molar-refractivity contribution in [3.8, 4) is 10.4 Å². The molecule has 0 spiro atoms. The zero-order valence-corrected chi connectivity index (χ0v) is 13.9. The first-order valence-corrected chi connectivity index (χ1v) is 9.17. The molecule has 7 heteroatoms. The average Bonchev–Trinajstić information content (AvgIpc) is 2.73. The van der Waals surface area contributed by atoms with E-state index in [4.69, 9.17) is 5.14 Å². The van der Waals surface area contributed by atoms with E-state index in [-0.39, 0.29) is 4.90 Å². The predicted molar refractivity (Wildman–Crippen MR) is 81.5 cm³/mol. The van der Waals surface area contributed by atoms with Gasteiger partial charge in [0.15, 0.2) is 0 Å². The van der Waals surface area contributed by atoms with Gasteiger partial charge in [0.2, 0.25) is 10.0 Å². The first kappa shape index (κ1) is 14.2. The van der Waals surface area contributed by atoms with Crippen molar-refractivity contribution in [1.29, 1.82) is 0 Å². The van der Waals surface area contributed by atoms with Crippen LogP contribution in [0.1, 0.15) is 4.88 Å². The van der Waals surface area contributed by atoms with Crippen LogP contribution in [0.25, 0.3) is 10.4 Å². The standard InChI is InChI=1S/C11H9Br2NO2S2/c12-6-10-11(18(14,15)16)5-9(17-10)7-1-3-8(13)4-2-7/h1-5H,6H2,(H2,14,15,16). The maximum Gasteiger partial charge on any atom is 0.239 e. The molecule has 3 nitrogen and oxygen atoms in total. The molecule has 18 heavy (non-hydrogen) atoms. The summed E-state index contributed by atoms with van der Waals surface area (Å²) in [7, 11) is -3.67. The van der Waals surface area contributed by atoms with Crippen LogP contribution < -0.4 is 5.14 Å². The van der Waals surface area contributed by atoms with Gasteiger partial charge in [-0.1, -0.05) is 44.0 Å². The van der Waals surface area contributed by atoms with E-state index in [9.17, 15) is 8.42 Å². The maximum absolute atomic E-state index is 11.5.